The lowest BCUT2D eigenvalue weighted by Crippen LogP contribution is -2.59. The minimum atomic E-state index is -1.43. The Bertz CT molecular complexity index is 1610. The number of alkyl carbamates (subject to hydrolysis) is 1. The molecule has 0 spiro atoms. The maximum absolute atomic E-state index is 14.0. The van der Waals surface area contributed by atoms with Gasteiger partial charge in [0.1, 0.15) is 29.0 Å². The number of para-hydroxylation sites is 1. The molecule has 2 heterocycles. The van der Waals surface area contributed by atoms with Gasteiger partial charge in [-0.1, -0.05) is 55.5 Å². The Labute approximate surface area is 294 Å². The smallest absolute Gasteiger partial charge is 0.408 e. The van der Waals surface area contributed by atoms with E-state index in [1.165, 1.54) is 20.2 Å². The molecular weight excluding hydrogens is 640 g/mol. The zero-order valence-electron chi connectivity index (χ0n) is 30.0. The molecular formula is C37H50N6O7. The van der Waals surface area contributed by atoms with Crippen molar-refractivity contribution in [3.8, 4) is 5.75 Å². The molecule has 1 aliphatic heterocycles. The number of nitrogens with zero attached hydrogens (tertiary/aromatic N) is 3. The number of imidazole rings is 1. The Balaban J connectivity index is 1.54. The number of rotatable bonds is 13. The van der Waals surface area contributed by atoms with E-state index in [0.717, 1.165) is 18.4 Å². The van der Waals surface area contributed by atoms with E-state index in [0.29, 0.717) is 30.3 Å². The molecule has 0 radical (unpaired) electrons. The van der Waals surface area contributed by atoms with Crippen LogP contribution in [0.4, 0.5) is 10.6 Å². The minimum absolute atomic E-state index is 0.101. The van der Waals surface area contributed by atoms with Crippen molar-refractivity contribution >= 4 is 29.6 Å². The summed E-state index contributed by atoms with van der Waals surface area (Å²) >= 11 is 0. The molecule has 4 amide bonds. The average molecular weight is 691 g/mol. The summed E-state index contributed by atoms with van der Waals surface area (Å²) in [6.45, 7) is 11.7. The number of methoxy groups -OCH3 is 1. The van der Waals surface area contributed by atoms with Gasteiger partial charge in [0.25, 0.3) is 5.91 Å². The highest BCUT2D eigenvalue weighted by molar-refractivity contribution is 5.98. The molecule has 270 valence electrons. The number of nitrogens with one attached hydrogen (secondary N) is 3. The molecule has 4 rings (SSSR count). The number of aromatic nitrogens is 2. The van der Waals surface area contributed by atoms with Crippen LogP contribution in [-0.2, 0) is 30.5 Å². The molecule has 13 nitrogen and oxygen atoms in total. The fourth-order valence-electron chi connectivity index (χ4n) is 5.48. The van der Waals surface area contributed by atoms with Gasteiger partial charge in [0.05, 0.1) is 26.7 Å². The van der Waals surface area contributed by atoms with Gasteiger partial charge in [-0.3, -0.25) is 14.4 Å². The third-order valence-electron chi connectivity index (χ3n) is 8.31. The van der Waals surface area contributed by atoms with Crippen molar-refractivity contribution in [1.82, 2.24) is 25.1 Å². The standard InChI is InChI=1S/C37H50N6O7/c1-25-17-19-42(20-18-25)33(45)31(27-15-11-12-16-29(27)48-7)43-21-30(38-24-43)40-32(44)28(23-49-22-26-13-9-8-10-14-26)39-34(46)37(5,6)41-35(47)50-36(2,3)4/h8-16,21,24-25,28,31H,17-20,22-23H2,1-7H3,(H,39,46)(H,40,44)(H,41,47). The van der Waals surface area contributed by atoms with Crippen LogP contribution in [0.15, 0.2) is 67.1 Å². The third kappa shape index (κ3) is 10.5. The van der Waals surface area contributed by atoms with E-state index in [4.69, 9.17) is 14.2 Å². The minimum Gasteiger partial charge on any atom is -0.496 e. The van der Waals surface area contributed by atoms with Crippen LogP contribution < -0.4 is 20.7 Å². The highest BCUT2D eigenvalue weighted by Crippen LogP contribution is 2.31. The maximum Gasteiger partial charge on any atom is 0.408 e. The van der Waals surface area contributed by atoms with E-state index in [2.05, 4.69) is 27.9 Å². The molecule has 1 saturated heterocycles. The third-order valence-corrected chi connectivity index (χ3v) is 8.31. The fourth-order valence-corrected chi connectivity index (χ4v) is 5.48. The van der Waals surface area contributed by atoms with Gasteiger partial charge in [-0.25, -0.2) is 9.78 Å². The van der Waals surface area contributed by atoms with Crippen molar-refractivity contribution in [1.29, 1.82) is 0 Å². The van der Waals surface area contributed by atoms with Crippen LogP contribution in [0.25, 0.3) is 0 Å². The van der Waals surface area contributed by atoms with Gasteiger partial charge in [0, 0.05) is 24.8 Å². The van der Waals surface area contributed by atoms with Crippen LogP contribution >= 0.6 is 0 Å². The van der Waals surface area contributed by atoms with Crippen LogP contribution in [0.5, 0.6) is 5.75 Å². The normalized spacial score (nSPS) is 15.1. The zero-order chi connectivity index (χ0) is 36.5. The number of carbonyl (C=O) groups excluding carboxylic acids is 4. The summed E-state index contributed by atoms with van der Waals surface area (Å²) in [5.74, 6) is -0.0664. The molecule has 1 fully saturated rings. The lowest BCUT2D eigenvalue weighted by molar-refractivity contribution is -0.135. The lowest BCUT2D eigenvalue weighted by Gasteiger charge is -2.33. The van der Waals surface area contributed by atoms with E-state index < -0.39 is 41.1 Å². The van der Waals surface area contributed by atoms with E-state index >= 15 is 0 Å². The predicted molar refractivity (Wildman–Crippen MR) is 188 cm³/mol. The fraction of sp³-hybridized carbons (Fsp3) is 0.486. The van der Waals surface area contributed by atoms with Gasteiger partial charge in [-0.05, 0) is 65.0 Å². The van der Waals surface area contributed by atoms with E-state index in [9.17, 15) is 19.2 Å². The monoisotopic (exact) mass is 690 g/mol. The van der Waals surface area contributed by atoms with E-state index in [1.807, 2.05) is 53.4 Å². The summed E-state index contributed by atoms with van der Waals surface area (Å²) in [7, 11) is 1.56. The van der Waals surface area contributed by atoms with E-state index in [1.54, 1.807) is 44.7 Å². The Morgan fingerprint density at radius 1 is 0.960 bits per heavy atom. The molecule has 3 aromatic rings. The Kier molecular flexibility index (Phi) is 12.6. The van der Waals surface area contributed by atoms with Crippen molar-refractivity contribution in [2.75, 3.05) is 32.1 Å². The van der Waals surface area contributed by atoms with Crippen LogP contribution in [-0.4, -0.2) is 82.3 Å². The molecule has 50 heavy (non-hydrogen) atoms. The summed E-state index contributed by atoms with van der Waals surface area (Å²) in [4.78, 5) is 59.9. The van der Waals surface area contributed by atoms with Gasteiger partial charge in [0.2, 0.25) is 11.8 Å². The van der Waals surface area contributed by atoms with Crippen molar-refractivity contribution in [2.45, 2.75) is 84.2 Å². The van der Waals surface area contributed by atoms with Crippen LogP contribution in [0, 0.1) is 5.92 Å². The highest BCUT2D eigenvalue weighted by atomic mass is 16.6. The SMILES string of the molecule is COc1ccccc1C(C(=O)N1CCC(C)CC1)n1cnc(NC(=O)C(COCc2ccccc2)NC(=O)C(C)(C)NC(=O)OC(C)(C)C)c1. The molecule has 0 bridgehead atoms. The van der Waals surface area contributed by atoms with Crippen LogP contribution in [0.3, 0.4) is 0 Å². The highest BCUT2D eigenvalue weighted by Gasteiger charge is 2.35. The molecule has 1 aliphatic rings. The maximum atomic E-state index is 14.0. The van der Waals surface area contributed by atoms with Gasteiger partial charge >= 0.3 is 6.09 Å². The largest absolute Gasteiger partial charge is 0.496 e. The predicted octanol–water partition coefficient (Wildman–Crippen LogP) is 4.68. The number of hydrogen-bond acceptors (Lipinski definition) is 8. The number of benzene rings is 2. The zero-order valence-corrected chi connectivity index (χ0v) is 30.0. The van der Waals surface area contributed by atoms with Gasteiger partial charge in [-0.15, -0.1) is 0 Å². The Hall–Kier alpha value is -4.91. The number of anilines is 1. The summed E-state index contributed by atoms with van der Waals surface area (Å²) in [5.41, 5.74) is -0.654. The van der Waals surface area contributed by atoms with Crippen LogP contribution in [0.1, 0.15) is 71.6 Å². The molecule has 13 heteroatoms. The summed E-state index contributed by atoms with van der Waals surface area (Å²) < 4.78 is 18.5. The Morgan fingerprint density at radius 2 is 1.62 bits per heavy atom. The van der Waals surface area contributed by atoms with Crippen molar-refractivity contribution in [2.24, 2.45) is 5.92 Å². The van der Waals surface area contributed by atoms with E-state index in [-0.39, 0.29) is 24.9 Å². The Morgan fingerprint density at radius 3 is 2.28 bits per heavy atom. The van der Waals surface area contributed by atoms with Crippen molar-refractivity contribution in [3.63, 3.8) is 0 Å². The lowest BCUT2D eigenvalue weighted by atomic mass is 9.97. The number of amides is 4. The number of piperidine rings is 1. The first-order valence-electron chi connectivity index (χ1n) is 16.9. The van der Waals surface area contributed by atoms with Crippen LogP contribution in [0.2, 0.25) is 0 Å². The number of carbonyl (C=O) groups is 4. The molecule has 2 atom stereocenters. The molecule has 2 aromatic carbocycles. The first-order chi connectivity index (χ1) is 23.7. The molecule has 0 aliphatic carbocycles. The summed E-state index contributed by atoms with van der Waals surface area (Å²) in [6, 6.07) is 14.8. The second-order valence-corrected chi connectivity index (χ2v) is 14.1. The summed E-state index contributed by atoms with van der Waals surface area (Å²) in [5, 5.41) is 8.04. The second-order valence-electron chi connectivity index (χ2n) is 14.1. The molecule has 2 unspecified atom stereocenters. The number of ether oxygens (including phenoxy) is 3. The average Bonchev–Trinajstić information content (AvgIpc) is 3.51. The molecule has 0 saturated carbocycles. The second kappa shape index (κ2) is 16.7. The van der Waals surface area contributed by atoms with Gasteiger partial charge < -0.3 is 39.6 Å². The topological polar surface area (TPSA) is 153 Å². The first-order valence-corrected chi connectivity index (χ1v) is 16.9. The quantitative estimate of drug-likeness (QED) is 0.234. The van der Waals surface area contributed by atoms with Crippen molar-refractivity contribution < 1.29 is 33.4 Å². The van der Waals surface area contributed by atoms with Crippen molar-refractivity contribution in [3.05, 3.63) is 78.2 Å². The first kappa shape index (κ1) is 37.9. The molecule has 1 aromatic heterocycles. The van der Waals surface area contributed by atoms with Gasteiger partial charge in [0.15, 0.2) is 5.82 Å². The van der Waals surface area contributed by atoms with Gasteiger partial charge in [-0.2, -0.15) is 0 Å². The number of hydrogen-bond donors (Lipinski definition) is 3. The number of likely N-dealkylation sites (tertiary alicyclic amines) is 1. The molecule has 3 N–H and O–H groups in total. The summed E-state index contributed by atoms with van der Waals surface area (Å²) in [6.07, 6.45) is 4.13.